The number of thiazole rings is 1. The van der Waals surface area contributed by atoms with Crippen molar-refractivity contribution in [1.82, 2.24) is 9.88 Å². The summed E-state index contributed by atoms with van der Waals surface area (Å²) in [4.78, 5) is 18.3. The number of alkyl halides is 1. The highest BCUT2D eigenvalue weighted by Gasteiger charge is 2.35. The monoisotopic (exact) mass is 380 g/mol. The summed E-state index contributed by atoms with van der Waals surface area (Å²) < 4.78 is 20.4. The fourth-order valence-electron chi connectivity index (χ4n) is 3.34. The number of carbonyl (C=O) groups is 1. The zero-order chi connectivity index (χ0) is 18.9. The number of rotatable bonds is 3. The molecule has 3 atom stereocenters. The lowest BCUT2D eigenvalue weighted by atomic mass is 9.93. The Balaban J connectivity index is 1.78. The maximum Gasteiger partial charge on any atom is 0.410 e. The van der Waals surface area contributed by atoms with Crippen molar-refractivity contribution in [2.24, 2.45) is 0 Å². The first kappa shape index (κ1) is 19.0. The molecule has 1 aliphatic rings. The first-order valence-corrected chi connectivity index (χ1v) is 9.76. The summed E-state index contributed by atoms with van der Waals surface area (Å²) in [6.45, 7) is 5.72. The van der Waals surface area contributed by atoms with E-state index in [1.165, 1.54) is 11.3 Å². The molecule has 142 valence electrons. The van der Waals surface area contributed by atoms with Crippen LogP contribution in [0.1, 0.15) is 51.7 Å². The minimum absolute atomic E-state index is 0.217. The van der Waals surface area contributed by atoms with Gasteiger partial charge in [0.1, 0.15) is 11.8 Å². The number of aromatic nitrogens is 1. The molecule has 0 aliphatic carbocycles. The van der Waals surface area contributed by atoms with Gasteiger partial charge in [-0.3, -0.25) is 0 Å². The van der Waals surface area contributed by atoms with Crippen molar-refractivity contribution in [3.8, 4) is 0 Å². The molecule has 7 heteroatoms. The van der Waals surface area contributed by atoms with Crippen molar-refractivity contribution in [1.29, 1.82) is 0 Å². The average molecular weight is 380 g/mol. The summed E-state index contributed by atoms with van der Waals surface area (Å²) in [6.07, 6.45) is -1.41. The van der Waals surface area contributed by atoms with Crippen LogP contribution in [0.15, 0.2) is 23.7 Å². The zero-order valence-corrected chi connectivity index (χ0v) is 16.1. The Kier molecular flexibility index (Phi) is 5.48. The predicted molar refractivity (Wildman–Crippen MR) is 100 cm³/mol. The number of fused-ring (bicyclic) bond motifs is 1. The van der Waals surface area contributed by atoms with E-state index in [1.54, 1.807) is 31.2 Å². The fraction of sp³-hybridized carbons (Fsp3) is 0.579. The third-order valence-corrected chi connectivity index (χ3v) is 5.41. The molecule has 2 aromatic rings. The number of ether oxygens (including phenoxy) is 1. The van der Waals surface area contributed by atoms with E-state index in [9.17, 15) is 14.3 Å². The van der Waals surface area contributed by atoms with Gasteiger partial charge in [-0.1, -0.05) is 12.1 Å². The molecule has 1 aliphatic heterocycles. The molecule has 0 bridgehead atoms. The molecule has 2 heterocycles. The maximum absolute atomic E-state index is 14.0. The van der Waals surface area contributed by atoms with Gasteiger partial charge in [0.25, 0.3) is 0 Å². The van der Waals surface area contributed by atoms with E-state index < -0.39 is 30.0 Å². The van der Waals surface area contributed by atoms with Crippen molar-refractivity contribution in [2.75, 3.05) is 6.54 Å². The van der Waals surface area contributed by atoms with Gasteiger partial charge >= 0.3 is 6.09 Å². The fourth-order valence-corrected chi connectivity index (χ4v) is 4.19. The third kappa shape index (κ3) is 4.32. The number of aliphatic hydroxyl groups is 1. The first-order valence-electron chi connectivity index (χ1n) is 8.88. The van der Waals surface area contributed by atoms with E-state index in [0.29, 0.717) is 13.0 Å². The number of hydrogen-bond acceptors (Lipinski definition) is 5. The Morgan fingerprint density at radius 3 is 3.00 bits per heavy atom. The van der Waals surface area contributed by atoms with Gasteiger partial charge < -0.3 is 14.7 Å². The standard InChI is InChI=1S/C19H25FN2O3S/c1-19(2,3)25-18(24)22-8-7-12(20)9-13(22)10-16(23)14-5-4-6-15-17(14)26-11-21-15/h4-6,11-13,16,23H,7-10H2,1-3H3/t12-,13-,16+/m1/s1. The molecule has 1 amide bonds. The Bertz CT molecular complexity index is 773. The van der Waals surface area contributed by atoms with E-state index in [0.717, 1.165) is 15.8 Å². The number of likely N-dealkylation sites (tertiary alicyclic amines) is 1. The number of carbonyl (C=O) groups excluding carboxylic acids is 1. The van der Waals surface area contributed by atoms with Crippen molar-refractivity contribution >= 4 is 27.6 Å². The van der Waals surface area contributed by atoms with Crippen molar-refractivity contribution in [2.45, 2.75) is 64.0 Å². The van der Waals surface area contributed by atoms with Crippen LogP contribution < -0.4 is 0 Å². The van der Waals surface area contributed by atoms with E-state index in [2.05, 4.69) is 4.98 Å². The molecule has 0 spiro atoms. The summed E-state index contributed by atoms with van der Waals surface area (Å²) in [6, 6.07) is 5.21. The first-order chi connectivity index (χ1) is 12.2. The van der Waals surface area contributed by atoms with Gasteiger partial charge in [0.15, 0.2) is 0 Å². The molecule has 1 saturated heterocycles. The molecule has 1 N–H and O–H groups in total. The zero-order valence-electron chi connectivity index (χ0n) is 15.3. The van der Waals surface area contributed by atoms with Gasteiger partial charge in [-0.05, 0) is 46.1 Å². The Labute approximate surface area is 156 Å². The number of aliphatic hydroxyl groups excluding tert-OH is 1. The number of nitrogens with zero attached hydrogens (tertiary/aromatic N) is 2. The highest BCUT2D eigenvalue weighted by molar-refractivity contribution is 7.16. The predicted octanol–water partition coefficient (Wildman–Crippen LogP) is 4.46. The lowest BCUT2D eigenvalue weighted by Gasteiger charge is -2.38. The number of piperidine rings is 1. The molecule has 0 radical (unpaired) electrons. The van der Waals surface area contributed by atoms with Crippen LogP contribution in [0, 0.1) is 0 Å². The summed E-state index contributed by atoms with van der Waals surface area (Å²) in [5.74, 6) is 0. The van der Waals surface area contributed by atoms with Crippen LogP contribution in [0.4, 0.5) is 9.18 Å². The van der Waals surface area contributed by atoms with Crippen LogP contribution in [0.25, 0.3) is 10.2 Å². The van der Waals surface area contributed by atoms with E-state index in [-0.39, 0.29) is 12.8 Å². The quantitative estimate of drug-likeness (QED) is 0.854. The molecule has 0 saturated carbocycles. The second-order valence-corrected chi connectivity index (χ2v) is 8.60. The molecule has 0 unspecified atom stereocenters. The molecule has 1 fully saturated rings. The molecule has 5 nitrogen and oxygen atoms in total. The van der Waals surface area contributed by atoms with Crippen LogP contribution in [0.2, 0.25) is 0 Å². The highest BCUT2D eigenvalue weighted by Crippen LogP contribution is 2.33. The summed E-state index contributed by atoms with van der Waals surface area (Å²) >= 11 is 1.47. The van der Waals surface area contributed by atoms with Crippen molar-refractivity contribution < 1.29 is 19.0 Å². The van der Waals surface area contributed by atoms with Crippen LogP contribution >= 0.6 is 11.3 Å². The molecule has 26 heavy (non-hydrogen) atoms. The Morgan fingerprint density at radius 1 is 1.50 bits per heavy atom. The second-order valence-electron chi connectivity index (χ2n) is 7.75. The Morgan fingerprint density at radius 2 is 2.27 bits per heavy atom. The lowest BCUT2D eigenvalue weighted by molar-refractivity contribution is -0.00656. The normalized spacial score (nSPS) is 22.4. The number of hydrogen-bond donors (Lipinski definition) is 1. The van der Waals surface area contributed by atoms with Crippen LogP contribution in [-0.2, 0) is 4.74 Å². The van der Waals surface area contributed by atoms with Crippen molar-refractivity contribution in [3.05, 3.63) is 29.3 Å². The van der Waals surface area contributed by atoms with E-state index in [1.807, 2.05) is 18.2 Å². The van der Waals surface area contributed by atoms with E-state index in [4.69, 9.17) is 4.74 Å². The number of halogens is 1. The van der Waals surface area contributed by atoms with Gasteiger partial charge in [0.05, 0.1) is 21.8 Å². The van der Waals surface area contributed by atoms with Gasteiger partial charge in [-0.15, -0.1) is 11.3 Å². The summed E-state index contributed by atoms with van der Waals surface area (Å²) in [5, 5.41) is 10.8. The highest BCUT2D eigenvalue weighted by atomic mass is 32.1. The minimum atomic E-state index is -0.968. The van der Waals surface area contributed by atoms with Gasteiger partial charge in [0.2, 0.25) is 0 Å². The second kappa shape index (κ2) is 7.48. The van der Waals surface area contributed by atoms with Crippen LogP contribution in [-0.4, -0.2) is 45.4 Å². The van der Waals surface area contributed by atoms with Gasteiger partial charge in [-0.2, -0.15) is 0 Å². The molecule has 1 aromatic carbocycles. The SMILES string of the molecule is CC(C)(C)OC(=O)N1CC[C@@H](F)C[C@@H]1C[C@H](O)c1cccc2ncsc12. The smallest absolute Gasteiger partial charge is 0.410 e. The molecule has 1 aromatic heterocycles. The van der Waals surface area contributed by atoms with Gasteiger partial charge in [-0.25, -0.2) is 14.2 Å². The average Bonchev–Trinajstić information content (AvgIpc) is 3.01. The molecular formula is C19H25FN2O3S. The largest absolute Gasteiger partial charge is 0.444 e. The number of benzene rings is 1. The third-order valence-electron chi connectivity index (χ3n) is 4.52. The summed E-state index contributed by atoms with van der Waals surface area (Å²) in [7, 11) is 0. The minimum Gasteiger partial charge on any atom is -0.444 e. The lowest BCUT2D eigenvalue weighted by Crippen LogP contribution is -2.49. The van der Waals surface area contributed by atoms with Crippen LogP contribution in [0.5, 0.6) is 0 Å². The topological polar surface area (TPSA) is 62.7 Å². The maximum atomic E-state index is 14.0. The van der Waals surface area contributed by atoms with Gasteiger partial charge in [0, 0.05) is 18.2 Å². The molecular weight excluding hydrogens is 355 g/mol. The van der Waals surface area contributed by atoms with E-state index >= 15 is 0 Å². The number of amides is 1. The Hall–Kier alpha value is -1.73. The van der Waals surface area contributed by atoms with Crippen molar-refractivity contribution in [3.63, 3.8) is 0 Å². The van der Waals surface area contributed by atoms with Crippen LogP contribution in [0.3, 0.4) is 0 Å². The summed E-state index contributed by atoms with van der Waals surface area (Å²) in [5.41, 5.74) is 2.74. The molecule has 3 rings (SSSR count).